The van der Waals surface area contributed by atoms with E-state index in [1.165, 1.54) is 11.9 Å². The van der Waals surface area contributed by atoms with Gasteiger partial charge < -0.3 is 9.52 Å². The van der Waals surface area contributed by atoms with Gasteiger partial charge in [0.2, 0.25) is 5.71 Å². The first-order chi connectivity index (χ1) is 15.2. The second-order valence-corrected chi connectivity index (χ2v) is 7.52. The van der Waals surface area contributed by atoms with Gasteiger partial charge in [-0.2, -0.15) is 5.10 Å². The minimum Gasteiger partial charge on any atom is -0.438 e. The molecule has 5 rings (SSSR count). The lowest BCUT2D eigenvalue weighted by atomic mass is 10.0. The van der Waals surface area contributed by atoms with Crippen molar-refractivity contribution in [2.75, 3.05) is 6.61 Å². The molecule has 2 aromatic carbocycles. The summed E-state index contributed by atoms with van der Waals surface area (Å²) in [5.74, 6) is 0.752. The van der Waals surface area contributed by atoms with Crippen molar-refractivity contribution in [2.24, 2.45) is 0 Å². The number of hydrogen-bond donors (Lipinski definition) is 1. The van der Waals surface area contributed by atoms with Crippen LogP contribution in [0.25, 0.3) is 44.9 Å². The second kappa shape index (κ2) is 8.16. The highest BCUT2D eigenvalue weighted by Gasteiger charge is 2.19. The maximum atomic E-state index is 9.25. The molecule has 0 unspecified atom stereocenters. The molecule has 0 bridgehead atoms. The Morgan fingerprint density at radius 2 is 1.74 bits per heavy atom. The number of aryl methyl sites for hydroxylation is 2. The highest BCUT2D eigenvalue weighted by atomic mass is 16.3. The molecule has 0 fully saturated rings. The maximum Gasteiger partial charge on any atom is 0.230 e. The van der Waals surface area contributed by atoms with Crippen molar-refractivity contribution < 1.29 is 9.52 Å². The lowest BCUT2D eigenvalue weighted by Crippen LogP contribution is -2.00. The van der Waals surface area contributed by atoms with E-state index >= 15 is 0 Å². The molecular weight excluding hydrogens is 388 g/mol. The van der Waals surface area contributed by atoms with Crippen molar-refractivity contribution in [3.63, 3.8) is 0 Å². The van der Waals surface area contributed by atoms with Gasteiger partial charge in [0, 0.05) is 36.0 Å². The zero-order chi connectivity index (χ0) is 21.2. The van der Waals surface area contributed by atoms with Crippen LogP contribution in [0.1, 0.15) is 12.0 Å². The van der Waals surface area contributed by atoms with Gasteiger partial charge in [-0.3, -0.25) is 4.68 Å². The van der Waals surface area contributed by atoms with Crippen LogP contribution in [0.4, 0.5) is 0 Å². The zero-order valence-corrected chi connectivity index (χ0v) is 17.2. The summed E-state index contributed by atoms with van der Waals surface area (Å²) in [6.45, 7) is 2.81. The third kappa shape index (κ3) is 3.73. The third-order valence-electron chi connectivity index (χ3n) is 5.27. The fraction of sp³-hybridized carbons (Fsp3) is 0.160. The van der Waals surface area contributed by atoms with E-state index in [9.17, 15) is 5.11 Å². The summed E-state index contributed by atoms with van der Waals surface area (Å²) in [6, 6.07) is 20.2. The molecule has 0 radical (unpaired) electrons. The molecule has 1 N–H and O–H groups in total. The number of nitrogens with zero attached hydrogens (tertiary/aromatic N) is 4. The molecule has 0 saturated carbocycles. The lowest BCUT2D eigenvalue weighted by Gasteiger charge is -2.03. The van der Waals surface area contributed by atoms with Crippen molar-refractivity contribution in [3.05, 3.63) is 78.8 Å². The third-order valence-corrected chi connectivity index (χ3v) is 5.27. The fourth-order valence-electron chi connectivity index (χ4n) is 3.68. The van der Waals surface area contributed by atoms with Gasteiger partial charge in [-0.25, -0.2) is 9.97 Å². The number of aromatic nitrogens is 4. The van der Waals surface area contributed by atoms with E-state index in [1.54, 1.807) is 0 Å². The molecule has 6 nitrogen and oxygen atoms in total. The molecule has 31 heavy (non-hydrogen) atoms. The van der Waals surface area contributed by atoms with Gasteiger partial charge >= 0.3 is 0 Å². The number of rotatable bonds is 6. The first kappa shape index (κ1) is 19.2. The van der Waals surface area contributed by atoms with E-state index in [1.807, 2.05) is 47.3 Å². The fourth-order valence-corrected chi connectivity index (χ4v) is 3.68. The summed E-state index contributed by atoms with van der Waals surface area (Å²) in [6.07, 6.45) is 4.15. The van der Waals surface area contributed by atoms with Gasteiger partial charge in [0.25, 0.3) is 0 Å². The van der Waals surface area contributed by atoms with E-state index in [0.717, 1.165) is 39.2 Å². The molecule has 3 heterocycles. The molecular formula is C25H22N4O2. The predicted molar refractivity (Wildman–Crippen MR) is 120 cm³/mol. The number of furan rings is 1. The molecule has 0 atom stereocenters. The van der Waals surface area contributed by atoms with Crippen molar-refractivity contribution in [3.8, 4) is 33.8 Å². The molecule has 5 aromatic rings. The largest absolute Gasteiger partial charge is 0.438 e. The smallest absolute Gasteiger partial charge is 0.230 e. The van der Waals surface area contributed by atoms with Crippen molar-refractivity contribution >= 4 is 11.1 Å². The minimum absolute atomic E-state index is 0.120. The van der Waals surface area contributed by atoms with Crippen LogP contribution in [0.5, 0.6) is 0 Å². The Bertz CT molecular complexity index is 1320. The predicted octanol–water partition coefficient (Wildman–Crippen LogP) is 5.11. The average Bonchev–Trinajstić information content (AvgIpc) is 3.43. The highest BCUT2D eigenvalue weighted by molar-refractivity contribution is 5.95. The first-order valence-electron chi connectivity index (χ1n) is 10.3. The van der Waals surface area contributed by atoms with E-state index in [0.29, 0.717) is 18.7 Å². The van der Waals surface area contributed by atoms with E-state index in [-0.39, 0.29) is 6.61 Å². The molecule has 0 aliphatic carbocycles. The van der Waals surface area contributed by atoms with Crippen LogP contribution in [0.3, 0.4) is 0 Å². The number of aliphatic hydroxyl groups is 1. The number of fused-ring (bicyclic) bond motifs is 1. The number of aliphatic hydroxyl groups excluding tert-OH is 1. The van der Waals surface area contributed by atoms with Crippen LogP contribution in [0.2, 0.25) is 0 Å². The highest BCUT2D eigenvalue weighted by Crippen LogP contribution is 2.36. The molecule has 0 aliphatic rings. The van der Waals surface area contributed by atoms with Gasteiger partial charge in [-0.1, -0.05) is 60.2 Å². The second-order valence-electron chi connectivity index (χ2n) is 7.52. The molecule has 0 aliphatic heterocycles. The zero-order valence-electron chi connectivity index (χ0n) is 17.2. The van der Waals surface area contributed by atoms with Crippen molar-refractivity contribution in [2.45, 2.75) is 19.9 Å². The van der Waals surface area contributed by atoms with Gasteiger partial charge in [0.1, 0.15) is 17.8 Å². The summed E-state index contributed by atoms with van der Waals surface area (Å²) < 4.78 is 7.91. The summed E-state index contributed by atoms with van der Waals surface area (Å²) in [7, 11) is 0. The standard InChI is InChI=1S/C25H22N4O2/c1-17-8-10-19(11-9-17)23-21(15-29(28-23)12-5-13-30)24-20-14-22(18-6-3-2-4-7-18)31-25(20)27-16-26-24/h2-4,6-11,14-16,30H,5,12-13H2,1H3. The topological polar surface area (TPSA) is 77.0 Å². The maximum absolute atomic E-state index is 9.25. The Balaban J connectivity index is 1.67. The van der Waals surface area contributed by atoms with Crippen LogP contribution < -0.4 is 0 Å². The van der Waals surface area contributed by atoms with Gasteiger partial charge in [0.05, 0.1) is 11.1 Å². The van der Waals surface area contributed by atoms with Crippen LogP contribution in [-0.2, 0) is 6.54 Å². The van der Waals surface area contributed by atoms with Gasteiger partial charge in [0.15, 0.2) is 0 Å². The first-order valence-corrected chi connectivity index (χ1v) is 10.3. The van der Waals surface area contributed by atoms with Gasteiger partial charge in [-0.05, 0) is 19.4 Å². The van der Waals surface area contributed by atoms with Crippen LogP contribution in [0.15, 0.2) is 77.6 Å². The molecule has 0 saturated heterocycles. The SMILES string of the molecule is Cc1ccc(-c2nn(CCCO)cc2-c2ncnc3oc(-c4ccccc4)cc23)cc1. The van der Waals surface area contributed by atoms with Gasteiger partial charge in [-0.15, -0.1) is 0 Å². The normalized spacial score (nSPS) is 11.3. The molecule has 3 aromatic heterocycles. The van der Waals surface area contributed by atoms with Crippen LogP contribution >= 0.6 is 0 Å². The summed E-state index contributed by atoms with van der Waals surface area (Å²) >= 11 is 0. The number of benzene rings is 2. The molecule has 154 valence electrons. The Labute approximate surface area is 179 Å². The Morgan fingerprint density at radius 3 is 2.52 bits per heavy atom. The van der Waals surface area contributed by atoms with Crippen molar-refractivity contribution in [1.82, 2.24) is 19.7 Å². The van der Waals surface area contributed by atoms with Crippen LogP contribution in [-0.4, -0.2) is 31.5 Å². The molecule has 0 spiro atoms. The summed E-state index contributed by atoms with van der Waals surface area (Å²) in [4.78, 5) is 8.95. The van der Waals surface area contributed by atoms with E-state index in [4.69, 9.17) is 9.52 Å². The van der Waals surface area contributed by atoms with Crippen molar-refractivity contribution in [1.29, 1.82) is 0 Å². The summed E-state index contributed by atoms with van der Waals surface area (Å²) in [5, 5.41) is 14.9. The Hall–Kier alpha value is -3.77. The molecule has 0 amide bonds. The Kier molecular flexibility index (Phi) is 5.06. The monoisotopic (exact) mass is 410 g/mol. The average molecular weight is 410 g/mol. The lowest BCUT2D eigenvalue weighted by molar-refractivity contribution is 0.277. The quantitative estimate of drug-likeness (QED) is 0.421. The molecule has 6 heteroatoms. The van der Waals surface area contributed by atoms with E-state index in [2.05, 4.69) is 41.2 Å². The minimum atomic E-state index is 0.120. The number of hydrogen-bond acceptors (Lipinski definition) is 5. The summed E-state index contributed by atoms with van der Waals surface area (Å²) in [5.41, 5.74) is 6.28. The van der Waals surface area contributed by atoms with Crippen LogP contribution in [0, 0.1) is 6.92 Å². The Morgan fingerprint density at radius 1 is 0.935 bits per heavy atom. The van der Waals surface area contributed by atoms with E-state index < -0.39 is 0 Å².